The minimum absolute atomic E-state index is 0.593. The first-order valence-corrected chi connectivity index (χ1v) is 15.4. The van der Waals surface area contributed by atoms with E-state index in [2.05, 4.69) is 62.8 Å². The van der Waals surface area contributed by atoms with E-state index in [1.54, 1.807) is 0 Å². The van der Waals surface area contributed by atoms with Gasteiger partial charge in [-0.3, -0.25) is 4.90 Å². The Balaban J connectivity index is 0.959. The zero-order chi connectivity index (χ0) is 26.6. The summed E-state index contributed by atoms with van der Waals surface area (Å²) in [5, 5.41) is 3.83. The van der Waals surface area contributed by atoms with Gasteiger partial charge in [0, 0.05) is 50.0 Å². The molecule has 0 bridgehead atoms. The molecule has 1 aliphatic carbocycles. The van der Waals surface area contributed by atoms with Gasteiger partial charge < -0.3 is 19.5 Å². The number of hydrogen-bond acceptors (Lipinski definition) is 6. The van der Waals surface area contributed by atoms with Crippen molar-refractivity contribution < 1.29 is 4.74 Å². The van der Waals surface area contributed by atoms with Crippen molar-refractivity contribution in [1.29, 1.82) is 0 Å². The molecule has 7 nitrogen and oxygen atoms in total. The maximum Gasteiger partial charge on any atom is 0.160 e. The molecular formula is C32H46N6O. The number of imidazole rings is 1. The third-order valence-corrected chi connectivity index (χ3v) is 9.38. The number of pyridine rings is 1. The molecule has 3 aromatic rings. The number of ether oxygens (including phenoxy) is 1. The number of hydrogen-bond donors (Lipinski definition) is 1. The van der Waals surface area contributed by atoms with Gasteiger partial charge >= 0.3 is 0 Å². The van der Waals surface area contributed by atoms with Crippen LogP contribution in [0.5, 0.6) is 0 Å². The molecular weight excluding hydrogens is 484 g/mol. The Hall–Kier alpha value is -2.48. The lowest BCUT2D eigenvalue weighted by Crippen LogP contribution is -2.49. The highest BCUT2D eigenvalue weighted by Crippen LogP contribution is 2.29. The number of piperidine rings is 1. The summed E-state index contributed by atoms with van der Waals surface area (Å²) in [6.45, 7) is 13.0. The molecule has 3 fully saturated rings. The lowest BCUT2D eigenvalue weighted by molar-refractivity contribution is -0.000801. The Bertz CT molecular complexity index is 1200. The number of benzene rings is 1. The van der Waals surface area contributed by atoms with Gasteiger partial charge in [-0.05, 0) is 93.8 Å². The van der Waals surface area contributed by atoms with Crippen LogP contribution in [0.4, 0.5) is 5.69 Å². The van der Waals surface area contributed by atoms with E-state index in [0.717, 1.165) is 68.2 Å². The highest BCUT2D eigenvalue weighted by molar-refractivity contribution is 5.75. The van der Waals surface area contributed by atoms with E-state index in [4.69, 9.17) is 9.72 Å². The van der Waals surface area contributed by atoms with Gasteiger partial charge in [-0.1, -0.05) is 19.1 Å². The Labute approximate surface area is 233 Å². The number of rotatable bonds is 8. The van der Waals surface area contributed by atoms with E-state index in [1.807, 2.05) is 12.3 Å². The summed E-state index contributed by atoms with van der Waals surface area (Å²) < 4.78 is 7.82. The molecule has 210 valence electrons. The maximum absolute atomic E-state index is 5.54. The third kappa shape index (κ3) is 6.31. The third-order valence-electron chi connectivity index (χ3n) is 9.38. The predicted octanol–water partition coefficient (Wildman–Crippen LogP) is 5.12. The van der Waals surface area contributed by atoms with E-state index in [-0.39, 0.29) is 0 Å². The van der Waals surface area contributed by atoms with E-state index >= 15 is 0 Å². The smallest absolute Gasteiger partial charge is 0.160 e. The summed E-state index contributed by atoms with van der Waals surface area (Å²) in [4.78, 5) is 14.9. The van der Waals surface area contributed by atoms with Crippen LogP contribution < -0.4 is 5.32 Å². The van der Waals surface area contributed by atoms with Gasteiger partial charge in [0.1, 0.15) is 11.3 Å². The van der Waals surface area contributed by atoms with E-state index in [9.17, 15) is 0 Å². The fraction of sp³-hybridized carbons (Fsp3) is 0.625. The van der Waals surface area contributed by atoms with Crippen molar-refractivity contribution in [3.05, 3.63) is 53.5 Å². The van der Waals surface area contributed by atoms with Crippen LogP contribution in [0.25, 0.3) is 11.2 Å². The number of nitrogens with one attached hydrogen (secondary N) is 1. The van der Waals surface area contributed by atoms with Crippen molar-refractivity contribution >= 4 is 16.9 Å². The maximum atomic E-state index is 5.54. The number of aryl methyl sites for hydroxylation is 2. The van der Waals surface area contributed by atoms with E-state index in [1.165, 1.54) is 75.0 Å². The Morgan fingerprint density at radius 1 is 0.923 bits per heavy atom. The van der Waals surface area contributed by atoms with Crippen molar-refractivity contribution in [2.45, 2.75) is 77.4 Å². The highest BCUT2D eigenvalue weighted by Gasteiger charge is 2.28. The van der Waals surface area contributed by atoms with Gasteiger partial charge in [-0.25, -0.2) is 9.97 Å². The standard InChI is InChI=1S/C32H46N6O/c1-3-30-35-31-24(2)12-15-33-32(31)38(30)23-26-6-10-28(11-7-26)34-27-8-4-25(5-9-27)22-36-16-13-29(14-17-36)37-18-20-39-21-19-37/h6-7,10-12,15,25,27,29,34H,3-5,8-9,13-14,16-23H2,1-2H3/t25-,27-. The summed E-state index contributed by atoms with van der Waals surface area (Å²) in [5.41, 5.74) is 5.75. The molecule has 0 amide bonds. The van der Waals surface area contributed by atoms with Crippen LogP contribution in [-0.2, 0) is 17.7 Å². The average Bonchev–Trinajstić information content (AvgIpc) is 3.34. The normalized spacial score (nSPS) is 23.8. The number of likely N-dealkylation sites (tertiary alicyclic amines) is 1. The molecule has 0 radical (unpaired) electrons. The van der Waals surface area contributed by atoms with Gasteiger partial charge in [0.2, 0.25) is 0 Å². The second-order valence-electron chi connectivity index (χ2n) is 12.0. The molecule has 1 N–H and O–H groups in total. The zero-order valence-electron chi connectivity index (χ0n) is 23.9. The lowest BCUT2D eigenvalue weighted by atomic mass is 9.85. The molecule has 0 atom stereocenters. The SMILES string of the molecule is CCc1nc2c(C)ccnc2n1Cc1ccc(N[C@H]2CC[C@H](CN3CCC(N4CCOCC4)CC3)CC2)cc1. The Kier molecular flexibility index (Phi) is 8.47. The molecule has 0 spiro atoms. The van der Waals surface area contributed by atoms with Crippen LogP contribution in [0.1, 0.15) is 62.4 Å². The van der Waals surface area contributed by atoms with Crippen LogP contribution in [0.15, 0.2) is 36.5 Å². The molecule has 1 aromatic carbocycles. The van der Waals surface area contributed by atoms with Crippen molar-refractivity contribution in [2.75, 3.05) is 51.3 Å². The largest absolute Gasteiger partial charge is 0.382 e. The van der Waals surface area contributed by atoms with Gasteiger partial charge in [0.15, 0.2) is 5.65 Å². The van der Waals surface area contributed by atoms with Crippen molar-refractivity contribution in [1.82, 2.24) is 24.3 Å². The number of fused-ring (bicyclic) bond motifs is 1. The number of nitrogens with zero attached hydrogens (tertiary/aromatic N) is 5. The van der Waals surface area contributed by atoms with Crippen LogP contribution >= 0.6 is 0 Å². The van der Waals surface area contributed by atoms with Gasteiger partial charge in [0.25, 0.3) is 0 Å². The van der Waals surface area contributed by atoms with Crippen molar-refractivity contribution in [3.63, 3.8) is 0 Å². The highest BCUT2D eigenvalue weighted by atomic mass is 16.5. The topological polar surface area (TPSA) is 58.5 Å². The number of aromatic nitrogens is 3. The zero-order valence-corrected chi connectivity index (χ0v) is 23.9. The predicted molar refractivity (Wildman–Crippen MR) is 158 cm³/mol. The van der Waals surface area contributed by atoms with Crippen LogP contribution in [0.3, 0.4) is 0 Å². The number of morpholine rings is 1. The first-order chi connectivity index (χ1) is 19.2. The lowest BCUT2D eigenvalue weighted by Gasteiger charge is -2.41. The van der Waals surface area contributed by atoms with Crippen molar-refractivity contribution in [3.8, 4) is 0 Å². The summed E-state index contributed by atoms with van der Waals surface area (Å²) >= 11 is 0. The van der Waals surface area contributed by atoms with E-state index < -0.39 is 0 Å². The quantitative estimate of drug-likeness (QED) is 0.436. The molecule has 2 saturated heterocycles. The van der Waals surface area contributed by atoms with Crippen LogP contribution in [0, 0.1) is 12.8 Å². The van der Waals surface area contributed by atoms with Gasteiger partial charge in [-0.2, -0.15) is 0 Å². The number of anilines is 1. The summed E-state index contributed by atoms with van der Waals surface area (Å²) in [5.74, 6) is 1.97. The van der Waals surface area contributed by atoms with Gasteiger partial charge in [0.05, 0.1) is 19.8 Å². The van der Waals surface area contributed by atoms with Gasteiger partial charge in [-0.15, -0.1) is 0 Å². The first-order valence-electron chi connectivity index (χ1n) is 15.4. The minimum atomic E-state index is 0.593. The van der Waals surface area contributed by atoms with Crippen LogP contribution in [-0.4, -0.2) is 82.4 Å². The summed E-state index contributed by atoms with van der Waals surface area (Å²) in [6, 6.07) is 12.4. The second-order valence-corrected chi connectivity index (χ2v) is 12.0. The molecule has 2 aromatic heterocycles. The molecule has 2 aliphatic heterocycles. The fourth-order valence-electron chi connectivity index (χ4n) is 7.01. The fourth-order valence-corrected chi connectivity index (χ4v) is 7.01. The molecule has 1 saturated carbocycles. The molecule has 39 heavy (non-hydrogen) atoms. The van der Waals surface area contributed by atoms with E-state index in [0.29, 0.717) is 6.04 Å². The molecule has 4 heterocycles. The molecule has 3 aliphatic rings. The molecule has 6 rings (SSSR count). The monoisotopic (exact) mass is 530 g/mol. The Morgan fingerprint density at radius 2 is 1.67 bits per heavy atom. The average molecular weight is 531 g/mol. The van der Waals surface area contributed by atoms with Crippen LogP contribution in [0.2, 0.25) is 0 Å². The first kappa shape index (κ1) is 26.7. The van der Waals surface area contributed by atoms with Crippen molar-refractivity contribution in [2.24, 2.45) is 5.92 Å². The second kappa shape index (κ2) is 12.4. The molecule has 0 unspecified atom stereocenters. The summed E-state index contributed by atoms with van der Waals surface area (Å²) in [6.07, 6.45) is 10.7. The molecule has 7 heteroatoms. The minimum Gasteiger partial charge on any atom is -0.382 e. The summed E-state index contributed by atoms with van der Waals surface area (Å²) in [7, 11) is 0. The Morgan fingerprint density at radius 3 is 2.38 bits per heavy atom.